The van der Waals surface area contributed by atoms with Crippen molar-refractivity contribution in [3.63, 3.8) is 0 Å². The van der Waals surface area contributed by atoms with E-state index in [0.29, 0.717) is 0 Å². The number of hydrogen-bond donors (Lipinski definition) is 1. The van der Waals surface area contributed by atoms with Gasteiger partial charge >= 0.3 is 0 Å². The maximum Gasteiger partial charge on any atom is 0.137 e. The van der Waals surface area contributed by atoms with Crippen molar-refractivity contribution in [2.75, 3.05) is 0 Å². The second kappa shape index (κ2) is 5.77. The predicted molar refractivity (Wildman–Crippen MR) is 109 cm³/mol. The van der Waals surface area contributed by atoms with Gasteiger partial charge in [0.2, 0.25) is 0 Å². The van der Waals surface area contributed by atoms with Gasteiger partial charge in [0.05, 0.1) is 11.2 Å². The van der Waals surface area contributed by atoms with Gasteiger partial charge in [-0.25, -0.2) is 4.98 Å². The molecule has 4 aromatic heterocycles. The normalized spacial score (nSPS) is 11.5. The number of hydrogen-bond acceptors (Lipinski definition) is 3. The zero-order valence-electron chi connectivity index (χ0n) is 15.5. The van der Waals surface area contributed by atoms with E-state index in [1.807, 2.05) is 43.3 Å². The molecule has 5 heteroatoms. The lowest BCUT2D eigenvalue weighted by atomic mass is 10.0. The fourth-order valence-corrected chi connectivity index (χ4v) is 3.81. The van der Waals surface area contributed by atoms with Crippen molar-refractivity contribution in [3.8, 4) is 22.3 Å². The molecule has 0 atom stereocenters. The molecule has 132 valence electrons. The third kappa shape index (κ3) is 2.43. The van der Waals surface area contributed by atoms with Crippen LogP contribution < -0.4 is 0 Å². The van der Waals surface area contributed by atoms with E-state index in [0.717, 1.165) is 55.6 Å². The molecule has 1 aromatic carbocycles. The van der Waals surface area contributed by atoms with Gasteiger partial charge in [0.25, 0.3) is 0 Å². The Kier molecular flexibility index (Phi) is 3.37. The number of aryl methyl sites for hydroxylation is 2. The van der Waals surface area contributed by atoms with Gasteiger partial charge in [-0.1, -0.05) is 12.1 Å². The molecule has 27 heavy (non-hydrogen) atoms. The molecule has 0 radical (unpaired) electrons. The number of nitrogens with one attached hydrogen (secondary N) is 1. The van der Waals surface area contributed by atoms with Crippen molar-refractivity contribution >= 4 is 21.9 Å². The van der Waals surface area contributed by atoms with Gasteiger partial charge in [-0.15, -0.1) is 0 Å². The van der Waals surface area contributed by atoms with Crippen LogP contribution in [0.4, 0.5) is 0 Å². The summed E-state index contributed by atoms with van der Waals surface area (Å²) >= 11 is 0. The number of rotatable bonds is 2. The minimum absolute atomic E-state index is 0.888. The van der Waals surface area contributed by atoms with E-state index in [2.05, 4.69) is 57.3 Å². The largest absolute Gasteiger partial charge is 0.346 e. The van der Waals surface area contributed by atoms with E-state index in [4.69, 9.17) is 0 Å². The Morgan fingerprint density at radius 1 is 1.00 bits per heavy atom. The summed E-state index contributed by atoms with van der Waals surface area (Å²) in [5.74, 6) is 0. The van der Waals surface area contributed by atoms with Gasteiger partial charge in [-0.2, -0.15) is 5.10 Å². The second-order valence-corrected chi connectivity index (χ2v) is 6.90. The van der Waals surface area contributed by atoms with E-state index in [-0.39, 0.29) is 0 Å². The monoisotopic (exact) mass is 353 g/mol. The lowest BCUT2D eigenvalue weighted by molar-refractivity contribution is 0.731. The standard InChI is InChI=1S/C22H19N5/c1-13-21(14(2)27(3)26-13)17-10-18-19(12-25-22(18)24-11-17)15-6-7-20-16(9-15)5-4-8-23-20/h4-12H,1-3H3,(H,24,25). The van der Waals surface area contributed by atoms with Crippen LogP contribution in [0, 0.1) is 13.8 Å². The van der Waals surface area contributed by atoms with Crippen LogP contribution in [-0.4, -0.2) is 24.7 Å². The van der Waals surface area contributed by atoms with Gasteiger partial charge in [-0.3, -0.25) is 9.67 Å². The summed E-state index contributed by atoms with van der Waals surface area (Å²) in [4.78, 5) is 12.4. The summed E-state index contributed by atoms with van der Waals surface area (Å²) < 4.78 is 1.92. The Morgan fingerprint density at radius 3 is 2.70 bits per heavy atom. The minimum atomic E-state index is 0.888. The van der Waals surface area contributed by atoms with Crippen LogP contribution in [0.25, 0.3) is 44.2 Å². The van der Waals surface area contributed by atoms with Crippen LogP contribution in [0.5, 0.6) is 0 Å². The quantitative estimate of drug-likeness (QED) is 0.496. The highest BCUT2D eigenvalue weighted by Gasteiger charge is 2.15. The molecule has 1 N–H and O–H groups in total. The lowest BCUT2D eigenvalue weighted by Gasteiger charge is -2.05. The lowest BCUT2D eigenvalue weighted by Crippen LogP contribution is -1.92. The van der Waals surface area contributed by atoms with Gasteiger partial charge in [0, 0.05) is 58.8 Å². The summed E-state index contributed by atoms with van der Waals surface area (Å²) in [5, 5.41) is 6.79. The minimum Gasteiger partial charge on any atom is -0.346 e. The predicted octanol–water partition coefficient (Wildman–Crippen LogP) is 4.80. The van der Waals surface area contributed by atoms with E-state index in [1.54, 1.807) is 0 Å². The molecule has 0 unspecified atom stereocenters. The van der Waals surface area contributed by atoms with Crippen molar-refractivity contribution in [1.82, 2.24) is 24.7 Å². The average molecular weight is 353 g/mol. The van der Waals surface area contributed by atoms with Crippen molar-refractivity contribution in [3.05, 3.63) is 66.4 Å². The van der Waals surface area contributed by atoms with Gasteiger partial charge in [0.1, 0.15) is 5.65 Å². The Hall–Kier alpha value is -3.47. The van der Waals surface area contributed by atoms with Crippen LogP contribution in [0.3, 0.4) is 0 Å². The number of pyridine rings is 2. The average Bonchev–Trinajstić information content (AvgIpc) is 3.21. The Morgan fingerprint density at radius 2 is 1.89 bits per heavy atom. The number of nitrogens with zero attached hydrogens (tertiary/aromatic N) is 4. The summed E-state index contributed by atoms with van der Waals surface area (Å²) in [6, 6.07) is 12.6. The Labute approximate surface area is 156 Å². The van der Waals surface area contributed by atoms with Crippen molar-refractivity contribution in [2.24, 2.45) is 7.05 Å². The number of H-pyrrole nitrogens is 1. The zero-order chi connectivity index (χ0) is 18.5. The van der Waals surface area contributed by atoms with Crippen molar-refractivity contribution in [1.29, 1.82) is 0 Å². The molecule has 0 fully saturated rings. The van der Waals surface area contributed by atoms with Gasteiger partial charge < -0.3 is 4.98 Å². The molecular weight excluding hydrogens is 334 g/mol. The highest BCUT2D eigenvalue weighted by molar-refractivity contribution is 5.98. The van der Waals surface area contributed by atoms with Crippen LogP contribution in [0.15, 0.2) is 55.0 Å². The third-order valence-corrected chi connectivity index (χ3v) is 5.24. The molecule has 0 spiro atoms. The molecular formula is C22H19N5. The fraction of sp³-hybridized carbons (Fsp3) is 0.136. The van der Waals surface area contributed by atoms with Crippen LogP contribution in [0.1, 0.15) is 11.4 Å². The van der Waals surface area contributed by atoms with E-state index < -0.39 is 0 Å². The summed E-state index contributed by atoms with van der Waals surface area (Å²) in [5.41, 5.74) is 8.59. The first-order valence-corrected chi connectivity index (χ1v) is 8.94. The Bertz CT molecular complexity index is 1310. The number of aromatic nitrogens is 5. The van der Waals surface area contributed by atoms with Crippen molar-refractivity contribution in [2.45, 2.75) is 13.8 Å². The first-order valence-electron chi connectivity index (χ1n) is 8.94. The van der Waals surface area contributed by atoms with Gasteiger partial charge in [0.15, 0.2) is 0 Å². The first kappa shape index (κ1) is 15.8. The molecule has 4 heterocycles. The van der Waals surface area contributed by atoms with E-state index in [9.17, 15) is 0 Å². The number of aromatic amines is 1. The molecule has 0 saturated carbocycles. The summed E-state index contributed by atoms with van der Waals surface area (Å²) in [6.45, 7) is 4.13. The fourth-order valence-electron chi connectivity index (χ4n) is 3.81. The van der Waals surface area contributed by atoms with Crippen LogP contribution >= 0.6 is 0 Å². The van der Waals surface area contributed by atoms with Crippen molar-refractivity contribution < 1.29 is 0 Å². The molecule has 5 aromatic rings. The summed E-state index contributed by atoms with van der Waals surface area (Å²) in [6.07, 6.45) is 5.77. The van der Waals surface area contributed by atoms with Crippen LogP contribution in [-0.2, 0) is 7.05 Å². The smallest absolute Gasteiger partial charge is 0.137 e. The highest BCUT2D eigenvalue weighted by atomic mass is 15.3. The van der Waals surface area contributed by atoms with E-state index in [1.165, 1.54) is 0 Å². The molecule has 0 aliphatic heterocycles. The molecule has 5 rings (SSSR count). The molecule has 0 aliphatic rings. The molecule has 5 nitrogen and oxygen atoms in total. The zero-order valence-corrected chi connectivity index (χ0v) is 15.5. The number of benzene rings is 1. The number of fused-ring (bicyclic) bond motifs is 2. The second-order valence-electron chi connectivity index (χ2n) is 6.90. The van der Waals surface area contributed by atoms with Gasteiger partial charge in [-0.05, 0) is 43.7 Å². The topological polar surface area (TPSA) is 59.4 Å². The summed E-state index contributed by atoms with van der Waals surface area (Å²) in [7, 11) is 1.97. The maximum absolute atomic E-state index is 4.65. The SMILES string of the molecule is Cc1nn(C)c(C)c1-c1cnc2[nH]cc(-c3ccc4ncccc4c3)c2c1. The molecule has 0 bridgehead atoms. The molecule has 0 aliphatic carbocycles. The van der Waals surface area contributed by atoms with E-state index >= 15 is 0 Å². The third-order valence-electron chi connectivity index (χ3n) is 5.24. The Balaban J connectivity index is 1.71. The molecule has 0 amide bonds. The first-order chi connectivity index (χ1) is 13.1. The molecule has 0 saturated heterocycles. The highest BCUT2D eigenvalue weighted by Crippen LogP contribution is 2.34. The maximum atomic E-state index is 4.65. The van der Waals surface area contributed by atoms with Crippen LogP contribution in [0.2, 0.25) is 0 Å².